The molecule has 1 aliphatic rings. The third-order valence-electron chi connectivity index (χ3n) is 2.47. The summed E-state index contributed by atoms with van der Waals surface area (Å²) in [5, 5.41) is 4.92. The quantitative estimate of drug-likeness (QED) is 0.536. The van der Waals surface area contributed by atoms with E-state index in [-0.39, 0.29) is 24.7 Å². The number of aromatic nitrogens is 2. The van der Waals surface area contributed by atoms with Crippen LogP contribution in [0.4, 0.5) is 0 Å². The Morgan fingerprint density at radius 1 is 1.71 bits per heavy atom. The molecule has 1 aromatic rings. The number of carbonyl (C=O) groups excluding carboxylic acids is 3. The van der Waals surface area contributed by atoms with Crippen molar-refractivity contribution >= 4 is 18.1 Å². The van der Waals surface area contributed by atoms with Gasteiger partial charge < -0.3 is 15.6 Å². The average molecular weight is 235 g/mol. The predicted octanol–water partition coefficient (Wildman–Crippen LogP) is -1.56. The molecule has 0 unspecified atom stereocenters. The molecule has 7 nitrogen and oxygen atoms in total. The van der Waals surface area contributed by atoms with Crippen molar-refractivity contribution < 1.29 is 14.4 Å². The van der Waals surface area contributed by atoms with Crippen LogP contribution in [-0.2, 0) is 20.8 Å². The second-order valence-corrected chi connectivity index (χ2v) is 3.77. The lowest BCUT2D eigenvalue weighted by atomic mass is 10.0. The first kappa shape index (κ1) is 11.3. The molecule has 0 aliphatic carbocycles. The van der Waals surface area contributed by atoms with Gasteiger partial charge in [0.2, 0.25) is 18.1 Å². The highest BCUT2D eigenvalue weighted by molar-refractivity contribution is 5.97. The molecule has 0 bridgehead atoms. The fourth-order valence-electron chi connectivity index (χ4n) is 1.52. The molecule has 2 atom stereocenters. The van der Waals surface area contributed by atoms with Gasteiger partial charge in [-0.05, 0) is 0 Å². The second kappa shape index (κ2) is 4.77. The number of nitrogens with zero attached hydrogens (tertiary/aromatic N) is 1. The van der Waals surface area contributed by atoms with E-state index >= 15 is 0 Å². The summed E-state index contributed by atoms with van der Waals surface area (Å²) in [6, 6.07) is -1.28. The molecule has 1 saturated heterocycles. The van der Waals surface area contributed by atoms with Crippen LogP contribution < -0.4 is 10.6 Å². The first-order valence-electron chi connectivity index (χ1n) is 5.14. The van der Waals surface area contributed by atoms with E-state index in [1.165, 1.54) is 6.33 Å². The van der Waals surface area contributed by atoms with Gasteiger partial charge >= 0.3 is 0 Å². The Labute approximate surface area is 97.0 Å². The Hall–Kier alpha value is -2.18. The van der Waals surface area contributed by atoms with Crippen LogP contribution in [0.1, 0.15) is 12.1 Å². The summed E-state index contributed by atoms with van der Waals surface area (Å²) < 4.78 is 0. The first-order chi connectivity index (χ1) is 8.19. The SMILES string of the molecule is O=[C][C@H](Cc1c[nH]cn1)NC(=O)[C@@H]1CC(=O)N1. The van der Waals surface area contributed by atoms with E-state index in [9.17, 15) is 14.4 Å². The molecule has 1 fully saturated rings. The average Bonchev–Trinajstić information content (AvgIpc) is 2.76. The van der Waals surface area contributed by atoms with Gasteiger partial charge in [0.05, 0.1) is 18.4 Å². The summed E-state index contributed by atoms with van der Waals surface area (Å²) in [4.78, 5) is 39.6. The second-order valence-electron chi connectivity index (χ2n) is 3.77. The molecule has 89 valence electrons. The number of amides is 2. The Morgan fingerprint density at radius 3 is 3.00 bits per heavy atom. The van der Waals surface area contributed by atoms with Crippen LogP contribution in [0.15, 0.2) is 12.5 Å². The normalized spacial score (nSPS) is 20.0. The molecule has 0 aromatic carbocycles. The van der Waals surface area contributed by atoms with Gasteiger partial charge in [-0.2, -0.15) is 0 Å². The van der Waals surface area contributed by atoms with E-state index in [1.807, 2.05) is 0 Å². The molecule has 17 heavy (non-hydrogen) atoms. The van der Waals surface area contributed by atoms with Crippen molar-refractivity contribution in [2.45, 2.75) is 24.9 Å². The fraction of sp³-hybridized carbons (Fsp3) is 0.400. The molecular weight excluding hydrogens is 224 g/mol. The summed E-state index contributed by atoms with van der Waals surface area (Å²) in [5.41, 5.74) is 0.663. The highest BCUT2D eigenvalue weighted by Gasteiger charge is 2.32. The molecule has 1 radical (unpaired) electrons. The largest absolute Gasteiger partial charge is 0.351 e. The minimum absolute atomic E-state index is 0.163. The van der Waals surface area contributed by atoms with Crippen molar-refractivity contribution in [3.05, 3.63) is 18.2 Å². The van der Waals surface area contributed by atoms with Gasteiger partial charge in [-0.1, -0.05) is 0 Å². The summed E-state index contributed by atoms with van der Waals surface area (Å²) >= 11 is 0. The van der Waals surface area contributed by atoms with E-state index in [0.29, 0.717) is 5.69 Å². The van der Waals surface area contributed by atoms with E-state index in [2.05, 4.69) is 20.6 Å². The lowest BCUT2D eigenvalue weighted by Gasteiger charge is -2.26. The lowest BCUT2D eigenvalue weighted by Crippen LogP contribution is -2.58. The van der Waals surface area contributed by atoms with E-state index in [0.717, 1.165) is 0 Å². The lowest BCUT2D eigenvalue weighted by molar-refractivity contribution is -0.137. The van der Waals surface area contributed by atoms with Crippen LogP contribution in [0, 0.1) is 0 Å². The van der Waals surface area contributed by atoms with Crippen LogP contribution in [0.25, 0.3) is 0 Å². The van der Waals surface area contributed by atoms with Gasteiger partial charge in [0.1, 0.15) is 12.1 Å². The van der Waals surface area contributed by atoms with Crippen molar-refractivity contribution in [2.24, 2.45) is 0 Å². The zero-order valence-corrected chi connectivity index (χ0v) is 8.90. The highest BCUT2D eigenvalue weighted by atomic mass is 16.2. The Bertz CT molecular complexity index is 421. The number of carbonyl (C=O) groups is 2. The van der Waals surface area contributed by atoms with Crippen LogP contribution in [0.5, 0.6) is 0 Å². The van der Waals surface area contributed by atoms with E-state index in [1.54, 1.807) is 12.5 Å². The third-order valence-corrected chi connectivity index (χ3v) is 2.47. The van der Waals surface area contributed by atoms with Gasteiger partial charge in [0.15, 0.2) is 0 Å². The maximum atomic E-state index is 11.5. The third kappa shape index (κ3) is 2.68. The van der Waals surface area contributed by atoms with Crippen molar-refractivity contribution in [1.82, 2.24) is 20.6 Å². The van der Waals surface area contributed by atoms with Crippen LogP contribution in [-0.4, -0.2) is 40.2 Å². The van der Waals surface area contributed by atoms with Gasteiger partial charge in [-0.15, -0.1) is 0 Å². The fourth-order valence-corrected chi connectivity index (χ4v) is 1.52. The maximum Gasteiger partial charge on any atom is 0.243 e. The highest BCUT2D eigenvalue weighted by Crippen LogP contribution is 2.05. The van der Waals surface area contributed by atoms with E-state index in [4.69, 9.17) is 0 Å². The Balaban J connectivity index is 1.85. The number of H-pyrrole nitrogens is 1. The summed E-state index contributed by atoms with van der Waals surface area (Å²) in [5.74, 6) is -0.530. The Kier molecular flexibility index (Phi) is 3.17. The summed E-state index contributed by atoms with van der Waals surface area (Å²) in [6.45, 7) is 0. The van der Waals surface area contributed by atoms with Gasteiger partial charge in [-0.3, -0.25) is 14.4 Å². The zero-order chi connectivity index (χ0) is 12.3. The number of hydrogen-bond donors (Lipinski definition) is 3. The number of rotatable bonds is 5. The molecule has 2 heterocycles. The van der Waals surface area contributed by atoms with E-state index < -0.39 is 12.1 Å². The molecule has 2 amide bonds. The maximum absolute atomic E-state index is 11.5. The smallest absolute Gasteiger partial charge is 0.243 e. The van der Waals surface area contributed by atoms with Crippen molar-refractivity contribution in [3.8, 4) is 0 Å². The zero-order valence-electron chi connectivity index (χ0n) is 8.90. The molecule has 3 N–H and O–H groups in total. The van der Waals surface area contributed by atoms with Crippen LogP contribution in [0.2, 0.25) is 0 Å². The minimum Gasteiger partial charge on any atom is -0.351 e. The predicted molar refractivity (Wildman–Crippen MR) is 56.5 cm³/mol. The molecule has 7 heteroatoms. The van der Waals surface area contributed by atoms with Crippen molar-refractivity contribution in [3.63, 3.8) is 0 Å². The molecule has 1 aromatic heterocycles. The Morgan fingerprint density at radius 2 is 2.47 bits per heavy atom. The number of β-lactam (4-membered cyclic amide) rings is 1. The summed E-state index contributed by atoms with van der Waals surface area (Å²) in [7, 11) is 0. The number of hydrogen-bond acceptors (Lipinski definition) is 4. The molecule has 2 rings (SSSR count). The number of imidazole rings is 1. The topological polar surface area (TPSA) is 104 Å². The van der Waals surface area contributed by atoms with Gasteiger partial charge in [-0.25, -0.2) is 4.98 Å². The number of nitrogens with one attached hydrogen (secondary N) is 3. The molecular formula is C10H11N4O3. The molecule has 1 aliphatic heterocycles. The first-order valence-corrected chi connectivity index (χ1v) is 5.14. The van der Waals surface area contributed by atoms with Crippen LogP contribution in [0.3, 0.4) is 0 Å². The minimum atomic E-state index is -0.747. The van der Waals surface area contributed by atoms with Crippen molar-refractivity contribution in [2.75, 3.05) is 0 Å². The van der Waals surface area contributed by atoms with Crippen LogP contribution >= 0.6 is 0 Å². The number of aromatic amines is 1. The van der Waals surface area contributed by atoms with Gasteiger partial charge in [0, 0.05) is 12.6 Å². The monoisotopic (exact) mass is 235 g/mol. The van der Waals surface area contributed by atoms with Gasteiger partial charge in [0.25, 0.3) is 0 Å². The molecule has 0 spiro atoms. The van der Waals surface area contributed by atoms with Crippen molar-refractivity contribution in [1.29, 1.82) is 0 Å². The standard InChI is InChI=1S/C10H11N4O3/c15-4-7(1-6-3-11-5-12-6)13-10(17)8-2-9(16)14-8/h3,5,7-8H,1-2H2,(H,11,12)(H,13,17)(H,14,16)/t7-,8-/m0/s1. The summed E-state index contributed by atoms with van der Waals surface area (Å²) in [6.07, 6.45) is 5.31. The molecule has 0 saturated carbocycles.